The molecule has 0 atom stereocenters. The molecule has 116 valence electrons. The molecule has 22 heavy (non-hydrogen) atoms. The van der Waals surface area contributed by atoms with E-state index in [4.69, 9.17) is 5.11 Å². The second-order valence-corrected chi connectivity index (χ2v) is 6.82. The van der Waals surface area contributed by atoms with Crippen LogP contribution in [0.2, 0.25) is 0 Å². The highest BCUT2D eigenvalue weighted by Gasteiger charge is 2.28. The maximum atomic E-state index is 12.3. The first kappa shape index (κ1) is 16.2. The topological polar surface area (TPSA) is 66.4 Å². The SMILES string of the molecule is Cc1ccc(-c2ccsc2C(=O)NCC(C)(C)C(=O)O)cc1. The van der Waals surface area contributed by atoms with Crippen LogP contribution < -0.4 is 5.32 Å². The molecule has 2 aromatic rings. The van der Waals surface area contributed by atoms with Gasteiger partial charge < -0.3 is 10.4 Å². The lowest BCUT2D eigenvalue weighted by molar-refractivity contribution is -0.146. The summed E-state index contributed by atoms with van der Waals surface area (Å²) in [5.74, 6) is -1.17. The van der Waals surface area contributed by atoms with E-state index in [0.29, 0.717) is 4.88 Å². The number of hydrogen-bond acceptors (Lipinski definition) is 3. The molecule has 1 aromatic heterocycles. The van der Waals surface area contributed by atoms with E-state index in [2.05, 4.69) is 5.32 Å². The summed E-state index contributed by atoms with van der Waals surface area (Å²) in [5, 5.41) is 13.7. The van der Waals surface area contributed by atoms with Crippen molar-refractivity contribution >= 4 is 23.2 Å². The minimum Gasteiger partial charge on any atom is -0.481 e. The molecule has 0 spiro atoms. The van der Waals surface area contributed by atoms with E-state index in [1.54, 1.807) is 13.8 Å². The van der Waals surface area contributed by atoms with Crippen LogP contribution in [0.5, 0.6) is 0 Å². The zero-order valence-corrected chi connectivity index (χ0v) is 13.7. The van der Waals surface area contributed by atoms with Crippen LogP contribution in [0.4, 0.5) is 0 Å². The summed E-state index contributed by atoms with van der Waals surface area (Å²) in [6.07, 6.45) is 0. The molecule has 1 amide bonds. The Morgan fingerprint density at radius 1 is 1.18 bits per heavy atom. The van der Waals surface area contributed by atoms with Crippen molar-refractivity contribution in [2.24, 2.45) is 5.41 Å². The molecule has 2 rings (SSSR count). The van der Waals surface area contributed by atoms with E-state index in [9.17, 15) is 9.59 Å². The Labute approximate surface area is 133 Å². The average molecular weight is 317 g/mol. The van der Waals surface area contributed by atoms with Crippen LogP contribution in [0.1, 0.15) is 29.1 Å². The number of carboxylic acids is 1. The van der Waals surface area contributed by atoms with Gasteiger partial charge in [0.05, 0.1) is 10.3 Å². The number of amides is 1. The molecule has 0 aliphatic carbocycles. The van der Waals surface area contributed by atoms with Gasteiger partial charge in [0.25, 0.3) is 5.91 Å². The van der Waals surface area contributed by atoms with E-state index in [-0.39, 0.29) is 12.5 Å². The van der Waals surface area contributed by atoms with Crippen molar-refractivity contribution in [3.8, 4) is 11.1 Å². The van der Waals surface area contributed by atoms with E-state index < -0.39 is 11.4 Å². The molecule has 5 heteroatoms. The van der Waals surface area contributed by atoms with Crippen molar-refractivity contribution in [1.82, 2.24) is 5.32 Å². The van der Waals surface area contributed by atoms with Gasteiger partial charge in [0.2, 0.25) is 0 Å². The van der Waals surface area contributed by atoms with Crippen LogP contribution in [0.15, 0.2) is 35.7 Å². The zero-order chi connectivity index (χ0) is 16.3. The molecular formula is C17H19NO3S. The van der Waals surface area contributed by atoms with Gasteiger partial charge in [-0.1, -0.05) is 29.8 Å². The third-order valence-corrected chi connectivity index (χ3v) is 4.42. The van der Waals surface area contributed by atoms with Crippen LogP contribution in [0.3, 0.4) is 0 Å². The number of nitrogens with one attached hydrogen (secondary N) is 1. The summed E-state index contributed by atoms with van der Waals surface area (Å²) < 4.78 is 0. The molecule has 0 unspecified atom stereocenters. The van der Waals surface area contributed by atoms with Crippen molar-refractivity contribution < 1.29 is 14.7 Å². The third-order valence-electron chi connectivity index (χ3n) is 3.50. The highest BCUT2D eigenvalue weighted by Crippen LogP contribution is 2.28. The second-order valence-electron chi connectivity index (χ2n) is 5.90. The van der Waals surface area contributed by atoms with E-state index in [0.717, 1.165) is 16.7 Å². The van der Waals surface area contributed by atoms with E-state index >= 15 is 0 Å². The third kappa shape index (κ3) is 3.54. The fraction of sp³-hybridized carbons (Fsp3) is 0.294. The van der Waals surface area contributed by atoms with Gasteiger partial charge in [-0.3, -0.25) is 9.59 Å². The maximum Gasteiger partial charge on any atom is 0.310 e. The van der Waals surface area contributed by atoms with Crippen LogP contribution >= 0.6 is 11.3 Å². The van der Waals surface area contributed by atoms with Gasteiger partial charge in [-0.25, -0.2) is 0 Å². The fourth-order valence-electron chi connectivity index (χ4n) is 1.90. The van der Waals surface area contributed by atoms with Gasteiger partial charge in [-0.05, 0) is 37.8 Å². The summed E-state index contributed by atoms with van der Waals surface area (Å²) >= 11 is 1.36. The van der Waals surface area contributed by atoms with E-state index in [1.807, 2.05) is 42.6 Å². The lowest BCUT2D eigenvalue weighted by Crippen LogP contribution is -2.38. The molecule has 0 fully saturated rings. The van der Waals surface area contributed by atoms with Crippen molar-refractivity contribution in [2.75, 3.05) is 6.54 Å². The molecule has 4 nitrogen and oxygen atoms in total. The average Bonchev–Trinajstić information content (AvgIpc) is 2.95. The molecule has 0 aliphatic rings. The first-order chi connectivity index (χ1) is 10.3. The minimum absolute atomic E-state index is 0.0897. The number of hydrogen-bond donors (Lipinski definition) is 2. The Bertz CT molecular complexity index is 686. The van der Waals surface area contributed by atoms with Crippen LogP contribution in [0, 0.1) is 12.3 Å². The normalized spacial score (nSPS) is 11.2. The number of rotatable bonds is 5. The summed E-state index contributed by atoms with van der Waals surface area (Å²) in [4.78, 5) is 24.0. The molecule has 0 aliphatic heterocycles. The number of carboxylic acid groups (broad SMARTS) is 1. The number of thiophene rings is 1. The zero-order valence-electron chi connectivity index (χ0n) is 12.8. The van der Waals surface area contributed by atoms with Crippen molar-refractivity contribution in [3.63, 3.8) is 0 Å². The van der Waals surface area contributed by atoms with Crippen molar-refractivity contribution in [2.45, 2.75) is 20.8 Å². The summed E-state index contributed by atoms with van der Waals surface area (Å²) in [7, 11) is 0. The predicted octanol–water partition coefficient (Wildman–Crippen LogP) is 3.56. The van der Waals surface area contributed by atoms with Gasteiger partial charge in [0, 0.05) is 12.1 Å². The number of aryl methyl sites for hydroxylation is 1. The standard InChI is InChI=1S/C17H19NO3S/c1-11-4-6-12(7-5-11)13-8-9-22-14(13)15(19)18-10-17(2,3)16(20)21/h4-9H,10H2,1-3H3,(H,18,19)(H,20,21). The molecule has 0 bridgehead atoms. The van der Waals surface area contributed by atoms with Crippen molar-refractivity contribution in [3.05, 3.63) is 46.2 Å². The van der Waals surface area contributed by atoms with E-state index in [1.165, 1.54) is 11.3 Å². The Morgan fingerprint density at radius 2 is 1.82 bits per heavy atom. The van der Waals surface area contributed by atoms with Gasteiger partial charge in [-0.2, -0.15) is 0 Å². The number of aliphatic carboxylic acids is 1. The molecule has 0 saturated heterocycles. The Balaban J connectivity index is 2.17. The summed E-state index contributed by atoms with van der Waals surface area (Å²) in [5.41, 5.74) is 2.02. The van der Waals surface area contributed by atoms with Gasteiger partial charge in [-0.15, -0.1) is 11.3 Å². The van der Waals surface area contributed by atoms with Gasteiger partial charge in [0.1, 0.15) is 0 Å². The number of carbonyl (C=O) groups excluding carboxylic acids is 1. The molecular weight excluding hydrogens is 298 g/mol. The monoisotopic (exact) mass is 317 g/mol. The predicted molar refractivity (Wildman–Crippen MR) is 88.2 cm³/mol. The molecule has 1 aromatic carbocycles. The fourth-order valence-corrected chi connectivity index (χ4v) is 2.73. The second kappa shape index (κ2) is 6.32. The minimum atomic E-state index is -0.989. The van der Waals surface area contributed by atoms with Gasteiger partial charge >= 0.3 is 5.97 Å². The highest BCUT2D eigenvalue weighted by atomic mass is 32.1. The van der Waals surface area contributed by atoms with Crippen molar-refractivity contribution in [1.29, 1.82) is 0 Å². The number of benzene rings is 1. The lowest BCUT2D eigenvalue weighted by atomic mass is 9.94. The first-order valence-electron chi connectivity index (χ1n) is 6.97. The quantitative estimate of drug-likeness (QED) is 0.886. The Morgan fingerprint density at radius 3 is 2.41 bits per heavy atom. The Kier molecular flexibility index (Phi) is 4.66. The molecule has 0 saturated carbocycles. The largest absolute Gasteiger partial charge is 0.481 e. The number of carbonyl (C=O) groups is 2. The smallest absolute Gasteiger partial charge is 0.310 e. The maximum absolute atomic E-state index is 12.3. The first-order valence-corrected chi connectivity index (χ1v) is 7.85. The summed E-state index contributed by atoms with van der Waals surface area (Å²) in [6.45, 7) is 5.28. The van der Waals surface area contributed by atoms with Crippen LogP contribution in [-0.4, -0.2) is 23.5 Å². The highest BCUT2D eigenvalue weighted by molar-refractivity contribution is 7.12. The summed E-state index contributed by atoms with van der Waals surface area (Å²) in [6, 6.07) is 9.88. The van der Waals surface area contributed by atoms with Crippen LogP contribution in [-0.2, 0) is 4.79 Å². The molecule has 2 N–H and O–H groups in total. The lowest BCUT2D eigenvalue weighted by Gasteiger charge is -2.19. The van der Waals surface area contributed by atoms with Gasteiger partial charge in [0.15, 0.2) is 0 Å². The Hall–Kier alpha value is -2.14. The molecule has 0 radical (unpaired) electrons. The molecule has 1 heterocycles. The van der Waals surface area contributed by atoms with Crippen LogP contribution in [0.25, 0.3) is 11.1 Å².